The second-order valence-corrected chi connectivity index (χ2v) is 3.29. The van der Waals surface area contributed by atoms with Gasteiger partial charge in [-0.3, -0.25) is 5.73 Å². The molecule has 1 aromatic heterocycles. The van der Waals surface area contributed by atoms with Crippen LogP contribution in [0, 0.1) is 0 Å². The van der Waals surface area contributed by atoms with Crippen LogP contribution in [0.5, 0.6) is 0 Å². The summed E-state index contributed by atoms with van der Waals surface area (Å²) in [6.45, 7) is 0. The summed E-state index contributed by atoms with van der Waals surface area (Å²) in [4.78, 5) is 4.09. The standard InChI is InChI=1S/C8H8ClN3/c9-8(10)4-3-6-2-1-5-11-7(6)12-8/h1-5H,10H2,(H,11,12). The highest BCUT2D eigenvalue weighted by Crippen LogP contribution is 2.24. The quantitative estimate of drug-likeness (QED) is 0.470. The lowest BCUT2D eigenvalue weighted by Crippen LogP contribution is -2.41. The van der Waals surface area contributed by atoms with E-state index in [1.807, 2.05) is 18.2 Å². The highest BCUT2D eigenvalue weighted by molar-refractivity contribution is 6.26. The van der Waals surface area contributed by atoms with E-state index >= 15 is 0 Å². The van der Waals surface area contributed by atoms with Gasteiger partial charge in [-0.1, -0.05) is 17.7 Å². The third-order valence-corrected chi connectivity index (χ3v) is 1.87. The highest BCUT2D eigenvalue weighted by atomic mass is 35.5. The molecule has 2 heterocycles. The molecule has 0 saturated heterocycles. The van der Waals surface area contributed by atoms with Crippen molar-refractivity contribution in [1.82, 2.24) is 4.98 Å². The first kappa shape index (κ1) is 7.58. The average molecular weight is 182 g/mol. The average Bonchev–Trinajstić information content (AvgIpc) is 2.02. The molecule has 0 amide bonds. The Labute approximate surface area is 75.2 Å². The molecule has 1 atom stereocenters. The van der Waals surface area contributed by atoms with Crippen molar-refractivity contribution in [3.63, 3.8) is 0 Å². The van der Waals surface area contributed by atoms with E-state index < -0.39 is 5.12 Å². The number of anilines is 1. The first-order valence-electron chi connectivity index (χ1n) is 3.58. The van der Waals surface area contributed by atoms with Crippen LogP contribution in [0.3, 0.4) is 0 Å². The summed E-state index contributed by atoms with van der Waals surface area (Å²) >= 11 is 5.84. The van der Waals surface area contributed by atoms with Crippen molar-refractivity contribution in [3.05, 3.63) is 30.0 Å². The van der Waals surface area contributed by atoms with Gasteiger partial charge < -0.3 is 5.32 Å². The Bertz CT molecular complexity index is 333. The van der Waals surface area contributed by atoms with Crippen molar-refractivity contribution < 1.29 is 0 Å². The van der Waals surface area contributed by atoms with Crippen molar-refractivity contribution >= 4 is 23.5 Å². The van der Waals surface area contributed by atoms with Gasteiger partial charge in [-0.2, -0.15) is 0 Å². The SMILES string of the molecule is NC1(Cl)C=Cc2cccnc2N1. The number of pyridine rings is 1. The van der Waals surface area contributed by atoms with Gasteiger partial charge in [0.25, 0.3) is 0 Å². The monoisotopic (exact) mass is 181 g/mol. The normalized spacial score (nSPS) is 26.2. The van der Waals surface area contributed by atoms with Crippen molar-refractivity contribution in [2.45, 2.75) is 5.12 Å². The molecule has 1 aromatic rings. The number of rotatable bonds is 0. The lowest BCUT2D eigenvalue weighted by atomic mass is 10.2. The van der Waals surface area contributed by atoms with Gasteiger partial charge in [0.1, 0.15) is 5.82 Å². The van der Waals surface area contributed by atoms with Gasteiger partial charge in [0.2, 0.25) is 0 Å². The van der Waals surface area contributed by atoms with Gasteiger partial charge >= 0.3 is 0 Å². The Balaban J connectivity index is 2.46. The predicted octanol–water partition coefficient (Wildman–Crippen LogP) is 1.37. The molecule has 0 radical (unpaired) electrons. The zero-order valence-electron chi connectivity index (χ0n) is 6.29. The van der Waals surface area contributed by atoms with E-state index in [0.717, 1.165) is 11.4 Å². The number of nitrogens with zero attached hydrogens (tertiary/aromatic N) is 1. The molecular formula is C8H8ClN3. The maximum Gasteiger partial charge on any atom is 0.184 e. The summed E-state index contributed by atoms with van der Waals surface area (Å²) in [6.07, 6.45) is 5.24. The smallest absolute Gasteiger partial charge is 0.184 e. The number of aromatic nitrogens is 1. The van der Waals surface area contributed by atoms with Crippen LogP contribution >= 0.6 is 11.6 Å². The molecule has 0 saturated carbocycles. The number of fused-ring (bicyclic) bond motifs is 1. The van der Waals surface area contributed by atoms with E-state index in [4.69, 9.17) is 17.3 Å². The van der Waals surface area contributed by atoms with Gasteiger partial charge in [0.15, 0.2) is 5.12 Å². The molecule has 0 spiro atoms. The van der Waals surface area contributed by atoms with Crippen LogP contribution in [-0.2, 0) is 0 Å². The Morgan fingerprint density at radius 2 is 2.42 bits per heavy atom. The molecule has 2 rings (SSSR count). The summed E-state index contributed by atoms with van der Waals surface area (Å²) < 4.78 is 0. The van der Waals surface area contributed by atoms with E-state index in [9.17, 15) is 0 Å². The Hall–Kier alpha value is -1.06. The van der Waals surface area contributed by atoms with Gasteiger partial charge in [0, 0.05) is 11.8 Å². The third-order valence-electron chi connectivity index (χ3n) is 1.65. The highest BCUT2D eigenvalue weighted by Gasteiger charge is 2.22. The fraction of sp³-hybridized carbons (Fsp3) is 0.125. The van der Waals surface area contributed by atoms with Crippen LogP contribution in [0.25, 0.3) is 6.08 Å². The minimum Gasteiger partial charge on any atom is -0.336 e. The van der Waals surface area contributed by atoms with E-state index in [1.54, 1.807) is 12.3 Å². The summed E-state index contributed by atoms with van der Waals surface area (Å²) in [7, 11) is 0. The summed E-state index contributed by atoms with van der Waals surface area (Å²) in [5, 5.41) is 1.88. The first-order valence-corrected chi connectivity index (χ1v) is 3.95. The molecule has 3 N–H and O–H groups in total. The topological polar surface area (TPSA) is 50.9 Å². The summed E-state index contributed by atoms with van der Waals surface area (Å²) in [5.74, 6) is 0.720. The lowest BCUT2D eigenvalue weighted by molar-refractivity contribution is 0.836. The number of hydrogen-bond acceptors (Lipinski definition) is 3. The fourth-order valence-corrected chi connectivity index (χ4v) is 1.24. The van der Waals surface area contributed by atoms with E-state index in [-0.39, 0.29) is 0 Å². The van der Waals surface area contributed by atoms with Crippen LogP contribution in [0.15, 0.2) is 24.4 Å². The molecule has 1 aliphatic rings. The molecule has 1 aliphatic heterocycles. The molecule has 12 heavy (non-hydrogen) atoms. The summed E-state index contributed by atoms with van der Waals surface area (Å²) in [5.41, 5.74) is 6.62. The van der Waals surface area contributed by atoms with E-state index in [2.05, 4.69) is 10.3 Å². The van der Waals surface area contributed by atoms with Crippen molar-refractivity contribution in [2.24, 2.45) is 5.73 Å². The second-order valence-electron chi connectivity index (χ2n) is 2.67. The van der Waals surface area contributed by atoms with Crippen molar-refractivity contribution in [3.8, 4) is 0 Å². The van der Waals surface area contributed by atoms with Gasteiger partial charge in [-0.05, 0) is 18.2 Å². The van der Waals surface area contributed by atoms with Crippen LogP contribution in [0.2, 0.25) is 0 Å². The van der Waals surface area contributed by atoms with Crippen molar-refractivity contribution in [2.75, 3.05) is 5.32 Å². The zero-order valence-corrected chi connectivity index (χ0v) is 7.05. The molecular weight excluding hydrogens is 174 g/mol. The maximum absolute atomic E-state index is 5.84. The minimum atomic E-state index is -0.999. The van der Waals surface area contributed by atoms with Crippen molar-refractivity contribution in [1.29, 1.82) is 0 Å². The van der Waals surface area contributed by atoms with Crippen LogP contribution in [0.1, 0.15) is 5.56 Å². The molecule has 1 unspecified atom stereocenters. The molecule has 0 bridgehead atoms. The Morgan fingerprint density at radius 3 is 3.25 bits per heavy atom. The molecule has 62 valence electrons. The number of nitrogens with two attached hydrogens (primary N) is 1. The van der Waals surface area contributed by atoms with Crippen LogP contribution in [-0.4, -0.2) is 10.1 Å². The predicted molar refractivity (Wildman–Crippen MR) is 49.7 cm³/mol. The largest absolute Gasteiger partial charge is 0.336 e. The first-order chi connectivity index (χ1) is 5.67. The lowest BCUT2D eigenvalue weighted by Gasteiger charge is -2.24. The number of alkyl halides is 1. The van der Waals surface area contributed by atoms with Gasteiger partial charge in [-0.25, -0.2) is 4.98 Å². The van der Waals surface area contributed by atoms with E-state index in [1.165, 1.54) is 0 Å². The summed E-state index contributed by atoms with van der Waals surface area (Å²) in [6, 6.07) is 3.81. The number of nitrogens with one attached hydrogen (secondary N) is 1. The molecule has 0 aromatic carbocycles. The molecule has 0 aliphatic carbocycles. The molecule has 0 fully saturated rings. The Morgan fingerprint density at radius 1 is 1.58 bits per heavy atom. The van der Waals surface area contributed by atoms with Gasteiger partial charge in [-0.15, -0.1) is 0 Å². The number of halogens is 1. The third kappa shape index (κ3) is 1.29. The van der Waals surface area contributed by atoms with E-state index in [0.29, 0.717) is 0 Å². The molecule has 4 heteroatoms. The minimum absolute atomic E-state index is 0.720. The Kier molecular flexibility index (Phi) is 1.56. The van der Waals surface area contributed by atoms with Crippen LogP contribution < -0.4 is 11.1 Å². The number of hydrogen-bond donors (Lipinski definition) is 2. The maximum atomic E-state index is 5.84. The van der Waals surface area contributed by atoms with Crippen LogP contribution in [0.4, 0.5) is 5.82 Å². The fourth-order valence-electron chi connectivity index (χ4n) is 1.09. The van der Waals surface area contributed by atoms with Gasteiger partial charge in [0.05, 0.1) is 0 Å². The zero-order chi connectivity index (χ0) is 8.60. The molecule has 3 nitrogen and oxygen atoms in total. The second kappa shape index (κ2) is 2.47.